The average Bonchev–Trinajstić information content (AvgIpc) is 1.41. The molecule has 0 unspecified atom stereocenters. The van der Waals surface area contributed by atoms with Crippen LogP contribution in [-0.4, -0.2) is 6.38 Å². The van der Waals surface area contributed by atoms with E-state index in [1.54, 1.807) is 0 Å². The Morgan fingerprint density at radius 2 is 1.00 bits per heavy atom. The van der Waals surface area contributed by atoms with Crippen LogP contribution in [0.25, 0.3) is 0 Å². The highest BCUT2D eigenvalue weighted by atomic mass is 36.0. The summed E-state index contributed by atoms with van der Waals surface area (Å²) in [6, 6.07) is 0. The third-order valence-corrected chi connectivity index (χ3v) is 0. The quantitative estimate of drug-likeness (QED) is 0.400. The van der Waals surface area contributed by atoms with E-state index in [0.29, 0.717) is 0 Å². The summed E-state index contributed by atoms with van der Waals surface area (Å²) in [5.74, 6) is -1.20. The minimum atomic E-state index is -1.20. The van der Waals surface area contributed by atoms with Crippen LogP contribution in [0.1, 0.15) is 0 Å². The summed E-state index contributed by atoms with van der Waals surface area (Å²) in [7, 11) is 0. The van der Waals surface area contributed by atoms with E-state index in [4.69, 9.17) is 33.7 Å². The molecular formula is CH3Cl4P. The minimum absolute atomic E-state index is 1.20. The van der Waals surface area contributed by atoms with Gasteiger partial charge >= 0.3 is 0 Å². The van der Waals surface area contributed by atoms with Crippen molar-refractivity contribution in [2.45, 2.75) is 0 Å². The summed E-state index contributed by atoms with van der Waals surface area (Å²) < 4.78 is 0. The molecule has 0 rings (SSSR count). The maximum atomic E-state index is 4.87. The van der Waals surface area contributed by atoms with Crippen molar-refractivity contribution in [2.24, 2.45) is 0 Å². The van der Waals surface area contributed by atoms with Gasteiger partial charge in [0.05, 0.1) is 0 Å². The van der Waals surface area contributed by atoms with Gasteiger partial charge in [-0.05, 0) is 0 Å². The van der Waals surface area contributed by atoms with Crippen LogP contribution in [0.15, 0.2) is 0 Å². The first-order chi connectivity index (χ1) is 2.73. The molecule has 0 heterocycles. The molecule has 0 aliphatic rings. The maximum absolute atomic E-state index is 4.87. The third-order valence-electron chi connectivity index (χ3n) is 0. The second kappa shape index (κ2) is 9.77. The number of halogens is 4. The first-order valence-corrected chi connectivity index (χ1v) is 5.70. The molecule has 0 radical (unpaired) electrons. The summed E-state index contributed by atoms with van der Waals surface area (Å²) in [5, 5.41) is 0. The van der Waals surface area contributed by atoms with Gasteiger partial charge in [0.15, 0.2) is 5.98 Å². The van der Waals surface area contributed by atoms with E-state index in [0.717, 1.165) is 0 Å². The predicted octanol–water partition coefficient (Wildman–Crippen LogP) is 3.78. The summed E-state index contributed by atoms with van der Waals surface area (Å²) in [4.78, 5) is 0. The number of alkyl halides is 1. The van der Waals surface area contributed by atoms with Crippen molar-refractivity contribution < 1.29 is 0 Å². The van der Waals surface area contributed by atoms with Crippen molar-refractivity contribution in [1.82, 2.24) is 0 Å². The van der Waals surface area contributed by atoms with Crippen LogP contribution in [0.4, 0.5) is 0 Å². The van der Waals surface area contributed by atoms with Gasteiger partial charge in [0.1, 0.15) is 0 Å². The average molecular weight is 188 g/mol. The molecule has 0 saturated heterocycles. The van der Waals surface area contributed by atoms with Crippen molar-refractivity contribution in [3.8, 4) is 0 Å². The van der Waals surface area contributed by atoms with E-state index >= 15 is 0 Å². The summed E-state index contributed by atoms with van der Waals surface area (Å²) in [5.41, 5.74) is 0. The fourth-order valence-corrected chi connectivity index (χ4v) is 0. The third kappa shape index (κ3) is 46.6. The summed E-state index contributed by atoms with van der Waals surface area (Å²) >= 11 is 19.2. The first kappa shape index (κ1) is 10.5. The van der Waals surface area contributed by atoms with Crippen LogP contribution in [0.2, 0.25) is 0 Å². The largest absolute Gasteiger partial charge is 0.179 e. The van der Waals surface area contributed by atoms with E-state index in [1.807, 2.05) is 0 Å². The van der Waals surface area contributed by atoms with Crippen LogP contribution in [0.5, 0.6) is 0 Å². The summed E-state index contributed by atoms with van der Waals surface area (Å²) in [6.45, 7) is 0. The molecule has 0 aliphatic heterocycles. The molecule has 5 heteroatoms. The fourth-order valence-electron chi connectivity index (χ4n) is 0. The lowest BCUT2D eigenvalue weighted by Crippen LogP contribution is -0.958. The first-order valence-electron chi connectivity index (χ1n) is 0.885. The van der Waals surface area contributed by atoms with Gasteiger partial charge in [0.25, 0.3) is 0 Å². The van der Waals surface area contributed by atoms with E-state index in [-0.39, 0.29) is 0 Å². The normalized spacial score (nSPS) is 7.00. The van der Waals surface area contributed by atoms with E-state index in [2.05, 4.69) is 11.6 Å². The topological polar surface area (TPSA) is 0 Å². The number of hydrogen-bond acceptors (Lipinski definition) is 0. The molecule has 0 saturated carbocycles. The Labute approximate surface area is 57.8 Å². The molecule has 0 bridgehead atoms. The minimum Gasteiger partial charge on any atom is -0.130 e. The van der Waals surface area contributed by atoms with Gasteiger partial charge in [-0.15, -0.1) is 11.6 Å². The van der Waals surface area contributed by atoms with Gasteiger partial charge in [0.2, 0.25) is 0 Å². The molecule has 0 aromatic heterocycles. The Kier molecular flexibility index (Phi) is 17.2. The van der Waals surface area contributed by atoms with E-state index in [1.165, 1.54) is 6.38 Å². The highest BCUT2D eigenvalue weighted by Crippen LogP contribution is 2.51. The van der Waals surface area contributed by atoms with Gasteiger partial charge in [-0.3, -0.25) is 0 Å². The lowest BCUT2D eigenvalue weighted by molar-refractivity contribution is 2.46. The molecule has 0 amide bonds. The maximum Gasteiger partial charge on any atom is 0.179 e. The van der Waals surface area contributed by atoms with Gasteiger partial charge < -0.3 is 0 Å². The molecule has 40 valence electrons. The molecule has 0 fully saturated rings. The van der Waals surface area contributed by atoms with Crippen molar-refractivity contribution in [1.29, 1.82) is 0 Å². The zero-order chi connectivity index (χ0) is 5.58. The molecule has 0 aromatic carbocycles. The van der Waals surface area contributed by atoms with Gasteiger partial charge in [-0.25, -0.2) is 0 Å². The highest BCUT2D eigenvalue weighted by Gasteiger charge is 1.80. The standard InChI is InChI=1S/CH3Cl.Cl3P/c1-2;1-4(2)3/h1H3;. The van der Waals surface area contributed by atoms with Gasteiger partial charge in [0, 0.05) is 6.38 Å². The molecule has 6 heavy (non-hydrogen) atoms. The van der Waals surface area contributed by atoms with Crippen LogP contribution >= 0.6 is 51.3 Å². The van der Waals surface area contributed by atoms with Crippen molar-refractivity contribution in [3.05, 3.63) is 0 Å². The van der Waals surface area contributed by atoms with Crippen molar-refractivity contribution in [2.75, 3.05) is 6.38 Å². The van der Waals surface area contributed by atoms with Gasteiger partial charge in [-0.1, -0.05) is 33.7 Å². The molecule has 0 atom stereocenters. The van der Waals surface area contributed by atoms with Gasteiger partial charge in [-0.2, -0.15) is 0 Å². The van der Waals surface area contributed by atoms with Crippen LogP contribution < -0.4 is 0 Å². The Morgan fingerprint density at radius 1 is 1.00 bits per heavy atom. The Morgan fingerprint density at radius 3 is 1.00 bits per heavy atom. The molecule has 0 aliphatic carbocycles. The molecule has 0 spiro atoms. The molecule has 0 aromatic rings. The predicted molar refractivity (Wildman–Crippen MR) is 36.3 cm³/mol. The second-order valence-electron chi connectivity index (χ2n) is 0.192. The fraction of sp³-hybridized carbons (Fsp3) is 1.00. The Balaban J connectivity index is 0. The van der Waals surface area contributed by atoms with E-state index < -0.39 is 5.98 Å². The van der Waals surface area contributed by atoms with Crippen LogP contribution in [0, 0.1) is 0 Å². The zero-order valence-corrected chi connectivity index (χ0v) is 6.88. The lowest BCUT2D eigenvalue weighted by atomic mass is 12.0. The number of rotatable bonds is 0. The molecular weight excluding hydrogens is 185 g/mol. The molecule has 0 nitrogen and oxygen atoms in total. The Hall–Kier alpha value is 1.59. The monoisotopic (exact) mass is 186 g/mol. The van der Waals surface area contributed by atoms with E-state index in [9.17, 15) is 0 Å². The second-order valence-corrected chi connectivity index (χ2v) is 5.17. The Bertz CT molecular complexity index is 12.3. The van der Waals surface area contributed by atoms with Crippen molar-refractivity contribution >= 4 is 51.3 Å². The number of hydrogen-bond donors (Lipinski definition) is 0. The summed E-state index contributed by atoms with van der Waals surface area (Å²) in [6.07, 6.45) is 1.47. The smallest absolute Gasteiger partial charge is 0.130 e. The highest BCUT2D eigenvalue weighted by molar-refractivity contribution is 8.20. The zero-order valence-electron chi connectivity index (χ0n) is 2.96. The van der Waals surface area contributed by atoms with Crippen LogP contribution in [0.3, 0.4) is 0 Å². The lowest BCUT2D eigenvalue weighted by Gasteiger charge is -1.68. The molecule has 0 N–H and O–H groups in total. The SMILES string of the molecule is CCl.ClP(Cl)Cl. The van der Waals surface area contributed by atoms with Crippen LogP contribution in [-0.2, 0) is 0 Å². The van der Waals surface area contributed by atoms with Crippen molar-refractivity contribution in [3.63, 3.8) is 0 Å².